The molecule has 2 N–H and O–H groups in total. The van der Waals surface area contributed by atoms with Crippen LogP contribution in [-0.2, 0) is 9.84 Å². The summed E-state index contributed by atoms with van der Waals surface area (Å²) in [6, 6.07) is 0. The number of aliphatic hydroxyl groups is 1. The van der Waals surface area contributed by atoms with E-state index in [0.717, 1.165) is 57.3 Å². The van der Waals surface area contributed by atoms with Crippen LogP contribution in [0.5, 0.6) is 0 Å². The third kappa shape index (κ3) is 3.43. The SMILES string of the molecule is CN=C(NCC1CCCC1O)N1CCS(=O)(=O)C2(CCCCC2)C1. The lowest BCUT2D eigenvalue weighted by molar-refractivity contribution is 0.133. The lowest BCUT2D eigenvalue weighted by Gasteiger charge is -2.45. The van der Waals surface area contributed by atoms with Gasteiger partial charge in [0.05, 0.1) is 16.6 Å². The summed E-state index contributed by atoms with van der Waals surface area (Å²) in [6.07, 6.45) is 7.51. The number of hydrogen-bond acceptors (Lipinski definition) is 4. The Morgan fingerprint density at radius 3 is 2.62 bits per heavy atom. The number of nitrogens with zero attached hydrogens (tertiary/aromatic N) is 2. The van der Waals surface area contributed by atoms with Crippen LogP contribution >= 0.6 is 0 Å². The van der Waals surface area contributed by atoms with Crippen LogP contribution in [0, 0.1) is 5.92 Å². The molecule has 2 aliphatic carbocycles. The van der Waals surface area contributed by atoms with Gasteiger partial charge in [-0.15, -0.1) is 0 Å². The topological polar surface area (TPSA) is 82.0 Å². The number of rotatable bonds is 2. The normalized spacial score (nSPS) is 32.9. The standard InChI is InChI=1S/C17H31N3O3S/c1-18-16(19-12-14-6-5-7-15(14)21)20-10-11-24(22,23)17(13-20)8-3-2-4-9-17/h14-15,21H,2-13H2,1H3,(H,18,19). The highest BCUT2D eigenvalue weighted by molar-refractivity contribution is 7.92. The third-order valence-electron chi connectivity index (χ3n) is 6.19. The molecule has 1 aliphatic heterocycles. The monoisotopic (exact) mass is 357 g/mol. The molecule has 0 radical (unpaired) electrons. The molecule has 0 aromatic heterocycles. The first-order valence-electron chi connectivity index (χ1n) is 9.33. The lowest BCUT2D eigenvalue weighted by Crippen LogP contribution is -2.60. The van der Waals surface area contributed by atoms with Crippen molar-refractivity contribution >= 4 is 15.8 Å². The Balaban J connectivity index is 1.66. The number of sulfone groups is 1. The molecule has 138 valence electrons. The summed E-state index contributed by atoms with van der Waals surface area (Å²) >= 11 is 0. The molecule has 6 nitrogen and oxygen atoms in total. The summed E-state index contributed by atoms with van der Waals surface area (Å²) in [5.41, 5.74) is 0. The highest BCUT2D eigenvalue weighted by Crippen LogP contribution is 2.38. The van der Waals surface area contributed by atoms with Crippen LogP contribution in [-0.4, -0.2) is 67.7 Å². The Hall–Kier alpha value is -0.820. The maximum atomic E-state index is 12.7. The second-order valence-corrected chi connectivity index (χ2v) is 10.2. The van der Waals surface area contributed by atoms with E-state index in [2.05, 4.69) is 15.2 Å². The van der Waals surface area contributed by atoms with Gasteiger partial charge in [0, 0.05) is 32.6 Å². The summed E-state index contributed by atoms with van der Waals surface area (Å²) < 4.78 is 24.8. The number of nitrogens with one attached hydrogen (secondary N) is 1. The van der Waals surface area contributed by atoms with Crippen molar-refractivity contribution in [3.63, 3.8) is 0 Å². The van der Waals surface area contributed by atoms with Gasteiger partial charge in [-0.2, -0.15) is 0 Å². The quantitative estimate of drug-likeness (QED) is 0.572. The van der Waals surface area contributed by atoms with Crippen LogP contribution in [0.1, 0.15) is 51.4 Å². The molecule has 24 heavy (non-hydrogen) atoms. The number of hydrogen-bond donors (Lipinski definition) is 2. The fourth-order valence-corrected chi connectivity index (χ4v) is 6.79. The Labute approximate surface area is 145 Å². The molecule has 1 spiro atoms. The Kier molecular flexibility index (Phi) is 5.39. The second kappa shape index (κ2) is 7.20. The van der Waals surface area contributed by atoms with E-state index in [-0.39, 0.29) is 17.8 Å². The van der Waals surface area contributed by atoms with Crippen molar-refractivity contribution in [1.29, 1.82) is 0 Å². The third-order valence-corrected chi connectivity index (χ3v) is 8.76. The first-order valence-corrected chi connectivity index (χ1v) is 11.0. The minimum atomic E-state index is -3.02. The molecule has 2 saturated carbocycles. The zero-order chi connectivity index (χ0) is 17.2. The fraction of sp³-hybridized carbons (Fsp3) is 0.941. The Bertz CT molecular complexity index is 570. The van der Waals surface area contributed by atoms with Crippen molar-refractivity contribution in [3.05, 3.63) is 0 Å². The van der Waals surface area contributed by atoms with E-state index in [1.165, 1.54) is 0 Å². The van der Waals surface area contributed by atoms with Gasteiger partial charge >= 0.3 is 0 Å². The summed E-state index contributed by atoms with van der Waals surface area (Å²) in [5, 5.41) is 13.4. The molecule has 0 aromatic carbocycles. The summed E-state index contributed by atoms with van der Waals surface area (Å²) in [4.78, 5) is 6.50. The van der Waals surface area contributed by atoms with Crippen LogP contribution in [0.2, 0.25) is 0 Å². The summed E-state index contributed by atoms with van der Waals surface area (Å²) in [5.74, 6) is 1.28. The van der Waals surface area contributed by atoms with Gasteiger partial charge in [0.1, 0.15) is 0 Å². The van der Waals surface area contributed by atoms with Gasteiger partial charge in [0.15, 0.2) is 15.8 Å². The number of guanidine groups is 1. The van der Waals surface area contributed by atoms with Crippen molar-refractivity contribution in [3.8, 4) is 0 Å². The summed E-state index contributed by atoms with van der Waals surface area (Å²) in [7, 11) is -1.27. The van der Waals surface area contributed by atoms with Gasteiger partial charge in [-0.1, -0.05) is 25.7 Å². The highest BCUT2D eigenvalue weighted by atomic mass is 32.2. The maximum Gasteiger partial charge on any atom is 0.193 e. The molecule has 3 aliphatic rings. The largest absolute Gasteiger partial charge is 0.393 e. The number of aliphatic hydroxyl groups excluding tert-OH is 1. The van der Waals surface area contributed by atoms with Crippen molar-refractivity contribution in [2.24, 2.45) is 10.9 Å². The molecule has 0 amide bonds. The minimum absolute atomic E-state index is 0.220. The van der Waals surface area contributed by atoms with E-state index in [4.69, 9.17) is 0 Å². The van der Waals surface area contributed by atoms with Gasteiger partial charge in [0.25, 0.3) is 0 Å². The van der Waals surface area contributed by atoms with Gasteiger partial charge in [-0.3, -0.25) is 4.99 Å². The van der Waals surface area contributed by atoms with Crippen molar-refractivity contribution in [1.82, 2.24) is 10.2 Å². The van der Waals surface area contributed by atoms with Gasteiger partial charge in [0.2, 0.25) is 0 Å². The molecule has 0 aromatic rings. The molecule has 1 heterocycles. The lowest BCUT2D eigenvalue weighted by atomic mass is 9.87. The highest BCUT2D eigenvalue weighted by Gasteiger charge is 2.48. The van der Waals surface area contributed by atoms with Gasteiger partial charge in [-0.05, 0) is 25.7 Å². The van der Waals surface area contributed by atoms with E-state index < -0.39 is 14.6 Å². The molecular formula is C17H31N3O3S. The maximum absolute atomic E-state index is 12.7. The molecule has 1 saturated heterocycles. The predicted octanol–water partition coefficient (Wildman–Crippen LogP) is 1.16. The van der Waals surface area contributed by atoms with Crippen LogP contribution in [0.25, 0.3) is 0 Å². The van der Waals surface area contributed by atoms with Crippen LogP contribution < -0.4 is 5.32 Å². The predicted molar refractivity (Wildman–Crippen MR) is 95.9 cm³/mol. The Morgan fingerprint density at radius 2 is 2.00 bits per heavy atom. The molecule has 0 bridgehead atoms. The molecular weight excluding hydrogens is 326 g/mol. The van der Waals surface area contributed by atoms with Gasteiger partial charge in [-0.25, -0.2) is 8.42 Å². The van der Waals surface area contributed by atoms with Crippen molar-refractivity contribution < 1.29 is 13.5 Å². The van der Waals surface area contributed by atoms with Crippen LogP contribution in [0.4, 0.5) is 0 Å². The molecule has 3 rings (SSSR count). The number of aliphatic imine (C=N–C) groups is 1. The van der Waals surface area contributed by atoms with Gasteiger partial charge < -0.3 is 15.3 Å². The molecule has 3 fully saturated rings. The van der Waals surface area contributed by atoms with Crippen molar-refractivity contribution in [2.45, 2.75) is 62.2 Å². The van der Waals surface area contributed by atoms with E-state index in [0.29, 0.717) is 19.6 Å². The first-order chi connectivity index (χ1) is 11.5. The van der Waals surface area contributed by atoms with Crippen LogP contribution in [0.3, 0.4) is 0 Å². The molecule has 2 unspecified atom stereocenters. The van der Waals surface area contributed by atoms with E-state index in [9.17, 15) is 13.5 Å². The van der Waals surface area contributed by atoms with Crippen LogP contribution in [0.15, 0.2) is 4.99 Å². The summed E-state index contributed by atoms with van der Waals surface area (Å²) in [6.45, 7) is 1.78. The second-order valence-electron chi connectivity index (χ2n) is 7.67. The average Bonchev–Trinajstić information content (AvgIpc) is 2.98. The zero-order valence-electron chi connectivity index (χ0n) is 14.7. The first kappa shape index (κ1) is 18.0. The van der Waals surface area contributed by atoms with Crippen molar-refractivity contribution in [2.75, 3.05) is 32.4 Å². The molecule has 2 atom stereocenters. The molecule has 7 heteroatoms. The minimum Gasteiger partial charge on any atom is -0.393 e. The average molecular weight is 358 g/mol. The van der Waals surface area contributed by atoms with E-state index in [1.807, 2.05) is 0 Å². The fourth-order valence-electron chi connectivity index (χ4n) is 4.63. The zero-order valence-corrected chi connectivity index (χ0v) is 15.5. The van der Waals surface area contributed by atoms with E-state index >= 15 is 0 Å². The Morgan fingerprint density at radius 1 is 1.25 bits per heavy atom. The smallest absolute Gasteiger partial charge is 0.193 e. The van der Waals surface area contributed by atoms with E-state index in [1.54, 1.807) is 7.05 Å².